The SMILES string of the molecule is C=C/C(=C\C=C(/C)OC)C1=C(C)C(C)c2cccc[n+]21.C=CC.C=CC.CC.CCN/C(O)=C(/N)C(C)N. The molecule has 0 aromatic carbocycles. The zero-order chi connectivity index (χ0) is 30.3. The lowest BCUT2D eigenvalue weighted by molar-refractivity contribution is -0.583. The first-order valence-corrected chi connectivity index (χ1v) is 13.1. The third kappa shape index (κ3) is 14.3. The molecule has 1 aliphatic heterocycles. The zero-order valence-corrected chi connectivity index (χ0v) is 25.6. The molecule has 6 heteroatoms. The maximum Gasteiger partial charge on any atom is 0.217 e. The number of allylic oxidation sites excluding steroid dienone is 9. The standard InChI is InChI=1S/C18H22NO.C6H15N3O.2C3H6.C2H6/c1-6-16(11-10-13(2)20-5)18-15(4)14(3)17-9-7-8-12-19(17)18;1-3-9-6(10)5(8)4(2)7;2*1-3-2;1-2/h6-12,14H,1H2,2-5H3;4,9-10H,3,7-8H2,1-2H3;2*3H,1H2,2H3;1-2H3/q+1;;;;/b13-10+,16-11+;6-5-;;;. The largest absolute Gasteiger partial charge is 0.501 e. The Morgan fingerprint density at radius 1 is 1.18 bits per heavy atom. The van der Waals surface area contributed by atoms with E-state index in [2.05, 4.69) is 73.9 Å². The van der Waals surface area contributed by atoms with Gasteiger partial charge in [-0.25, -0.2) is 0 Å². The second-order valence-corrected chi connectivity index (χ2v) is 8.00. The summed E-state index contributed by atoms with van der Waals surface area (Å²) in [6, 6.07) is 6.02. The Bertz CT molecular complexity index is 948. The molecule has 2 atom stereocenters. The van der Waals surface area contributed by atoms with Gasteiger partial charge in [-0.05, 0) is 60.6 Å². The van der Waals surface area contributed by atoms with Gasteiger partial charge in [-0.2, -0.15) is 4.57 Å². The molecule has 1 aromatic heterocycles. The van der Waals surface area contributed by atoms with Crippen LogP contribution in [0.1, 0.15) is 73.9 Å². The fraction of sp³-hybridized carbons (Fsp3) is 0.406. The number of aromatic nitrogens is 1. The summed E-state index contributed by atoms with van der Waals surface area (Å²) < 4.78 is 7.44. The molecule has 2 heterocycles. The van der Waals surface area contributed by atoms with Gasteiger partial charge in [0.2, 0.25) is 11.6 Å². The number of hydrogen-bond donors (Lipinski definition) is 4. The van der Waals surface area contributed by atoms with Gasteiger partial charge in [0.15, 0.2) is 11.9 Å². The molecule has 0 aliphatic carbocycles. The molecule has 0 spiro atoms. The van der Waals surface area contributed by atoms with Gasteiger partial charge < -0.3 is 26.6 Å². The number of aliphatic hydroxyl groups excluding tert-OH is 1. The molecule has 2 unspecified atom stereocenters. The van der Waals surface area contributed by atoms with E-state index in [9.17, 15) is 0 Å². The zero-order valence-electron chi connectivity index (χ0n) is 25.6. The van der Waals surface area contributed by atoms with Crippen LogP contribution < -0.4 is 21.4 Å². The van der Waals surface area contributed by atoms with E-state index in [0.29, 0.717) is 18.2 Å². The van der Waals surface area contributed by atoms with E-state index in [4.69, 9.17) is 21.3 Å². The van der Waals surface area contributed by atoms with E-state index < -0.39 is 0 Å². The number of rotatable bonds is 7. The minimum absolute atomic E-state index is 0.0162. The highest BCUT2D eigenvalue weighted by Crippen LogP contribution is 2.33. The Labute approximate surface area is 233 Å². The molecule has 0 fully saturated rings. The molecule has 0 radical (unpaired) electrons. The second-order valence-electron chi connectivity index (χ2n) is 8.00. The van der Waals surface area contributed by atoms with Crippen LogP contribution in [0.25, 0.3) is 5.70 Å². The van der Waals surface area contributed by atoms with E-state index in [1.54, 1.807) is 26.2 Å². The van der Waals surface area contributed by atoms with Crippen molar-refractivity contribution in [1.82, 2.24) is 5.32 Å². The van der Waals surface area contributed by atoms with Crippen molar-refractivity contribution >= 4 is 5.70 Å². The summed E-state index contributed by atoms with van der Waals surface area (Å²) in [4.78, 5) is 0. The van der Waals surface area contributed by atoms with Crippen LogP contribution in [-0.2, 0) is 4.74 Å². The lowest BCUT2D eigenvalue weighted by atomic mass is 9.98. The topological polar surface area (TPSA) is 97.4 Å². The van der Waals surface area contributed by atoms with E-state index in [1.165, 1.54) is 17.0 Å². The van der Waals surface area contributed by atoms with Crippen molar-refractivity contribution in [3.8, 4) is 0 Å². The van der Waals surface area contributed by atoms with Crippen molar-refractivity contribution in [2.75, 3.05) is 13.7 Å². The van der Waals surface area contributed by atoms with Crippen LogP contribution in [0.2, 0.25) is 0 Å². The maximum absolute atomic E-state index is 9.05. The van der Waals surface area contributed by atoms with Crippen LogP contribution >= 0.6 is 0 Å². The first-order valence-electron chi connectivity index (χ1n) is 13.1. The van der Waals surface area contributed by atoms with Gasteiger partial charge in [0.05, 0.1) is 24.5 Å². The Morgan fingerprint density at radius 2 is 1.71 bits per heavy atom. The number of nitrogens with two attached hydrogens (primary N) is 2. The van der Waals surface area contributed by atoms with Gasteiger partial charge in [-0.3, -0.25) is 0 Å². The Hall–Kier alpha value is -3.51. The van der Waals surface area contributed by atoms with Crippen molar-refractivity contribution in [3.63, 3.8) is 0 Å². The molecule has 6 nitrogen and oxygen atoms in total. The lowest BCUT2D eigenvalue weighted by Crippen LogP contribution is -2.33. The van der Waals surface area contributed by atoms with Gasteiger partial charge in [0.25, 0.3) is 0 Å². The van der Waals surface area contributed by atoms with Crippen molar-refractivity contribution in [3.05, 3.63) is 109 Å². The molecule has 214 valence electrons. The molecule has 1 aliphatic rings. The molecule has 0 saturated carbocycles. The number of nitrogens with zero attached hydrogens (tertiary/aromatic N) is 1. The third-order valence-corrected chi connectivity index (χ3v) is 5.02. The summed E-state index contributed by atoms with van der Waals surface area (Å²) in [5.41, 5.74) is 16.1. The highest BCUT2D eigenvalue weighted by molar-refractivity contribution is 5.68. The summed E-state index contributed by atoms with van der Waals surface area (Å²) in [7, 11) is 1.68. The molecule has 0 amide bonds. The third-order valence-electron chi connectivity index (χ3n) is 5.02. The number of methoxy groups -OCH3 is 1. The first-order chi connectivity index (χ1) is 18.0. The van der Waals surface area contributed by atoms with Gasteiger partial charge >= 0.3 is 0 Å². The van der Waals surface area contributed by atoms with Gasteiger partial charge in [0, 0.05) is 35.9 Å². The van der Waals surface area contributed by atoms with Crippen molar-refractivity contribution in [2.45, 2.75) is 74.3 Å². The minimum Gasteiger partial charge on any atom is -0.501 e. The molecular formula is C32H55N4O2+. The number of nitrogens with one attached hydrogen (secondary N) is 1. The maximum atomic E-state index is 9.05. The number of aliphatic hydroxyl groups is 1. The molecule has 0 bridgehead atoms. The van der Waals surface area contributed by atoms with Gasteiger partial charge in [0.1, 0.15) is 0 Å². The number of fused-ring (bicyclic) bond motifs is 1. The van der Waals surface area contributed by atoms with Crippen LogP contribution in [0.5, 0.6) is 0 Å². The number of hydrogen-bond acceptors (Lipinski definition) is 5. The minimum atomic E-state index is -0.306. The van der Waals surface area contributed by atoms with Crippen molar-refractivity contribution < 1.29 is 14.4 Å². The van der Waals surface area contributed by atoms with Crippen LogP contribution in [0.4, 0.5) is 0 Å². The Kier molecular flexibility index (Phi) is 24.5. The van der Waals surface area contributed by atoms with Gasteiger partial charge in [-0.1, -0.05) is 44.7 Å². The van der Waals surface area contributed by atoms with Crippen LogP contribution in [-0.4, -0.2) is 24.8 Å². The summed E-state index contributed by atoms with van der Waals surface area (Å²) >= 11 is 0. The number of pyridine rings is 1. The summed E-state index contributed by atoms with van der Waals surface area (Å²) in [5.74, 6) is 1.30. The summed E-state index contributed by atoms with van der Waals surface area (Å²) in [5, 5.41) is 11.7. The predicted molar refractivity (Wildman–Crippen MR) is 167 cm³/mol. The first kappa shape index (κ1) is 39.0. The molecule has 0 saturated heterocycles. The molecule has 1 aromatic rings. The van der Waals surface area contributed by atoms with Crippen LogP contribution in [0.15, 0.2) is 103 Å². The lowest BCUT2D eigenvalue weighted by Gasteiger charge is -2.09. The molecule has 2 rings (SSSR count). The normalized spacial score (nSPS) is 15.1. The van der Waals surface area contributed by atoms with Crippen molar-refractivity contribution in [2.24, 2.45) is 11.5 Å². The van der Waals surface area contributed by atoms with E-state index in [1.807, 2.05) is 53.7 Å². The fourth-order valence-electron chi connectivity index (χ4n) is 3.00. The Morgan fingerprint density at radius 3 is 2.13 bits per heavy atom. The predicted octanol–water partition coefficient (Wildman–Crippen LogP) is 7.02. The second kappa shape index (κ2) is 23.9. The highest BCUT2D eigenvalue weighted by Gasteiger charge is 2.34. The quantitative estimate of drug-likeness (QED) is 0.132. The van der Waals surface area contributed by atoms with E-state index in [0.717, 1.165) is 11.3 Å². The average Bonchev–Trinajstić information content (AvgIpc) is 3.16. The Balaban J connectivity index is -0.000000571. The smallest absolute Gasteiger partial charge is 0.217 e. The van der Waals surface area contributed by atoms with Gasteiger partial charge in [-0.15, -0.1) is 13.2 Å². The highest BCUT2D eigenvalue weighted by atomic mass is 16.5. The average molecular weight is 528 g/mol. The van der Waals surface area contributed by atoms with E-state index in [-0.39, 0.29) is 11.9 Å². The van der Waals surface area contributed by atoms with Crippen LogP contribution in [0.3, 0.4) is 0 Å². The summed E-state index contributed by atoms with van der Waals surface area (Å²) in [6.07, 6.45) is 11.6. The fourth-order valence-corrected chi connectivity index (χ4v) is 3.00. The number of ether oxygens (including phenoxy) is 1. The van der Waals surface area contributed by atoms with E-state index >= 15 is 0 Å². The van der Waals surface area contributed by atoms with Crippen molar-refractivity contribution in [1.29, 1.82) is 0 Å². The van der Waals surface area contributed by atoms with Crippen LogP contribution in [0, 0.1) is 0 Å². The summed E-state index contributed by atoms with van der Waals surface area (Å²) in [6.45, 7) is 29.0. The molecular weight excluding hydrogens is 472 g/mol. The monoisotopic (exact) mass is 527 g/mol. The molecule has 38 heavy (non-hydrogen) atoms. The molecule has 6 N–H and O–H groups in total.